The maximum Gasteiger partial charge on any atom is 0.229 e. The second-order valence-corrected chi connectivity index (χ2v) is 5.00. The van der Waals surface area contributed by atoms with Crippen LogP contribution in [0.1, 0.15) is 6.92 Å². The third kappa shape index (κ3) is 2.39. The van der Waals surface area contributed by atoms with E-state index in [2.05, 4.69) is 33.1 Å². The topological polar surface area (TPSA) is 84.7 Å². The minimum absolute atomic E-state index is 0.00284. The minimum atomic E-state index is -0.00284. The zero-order valence-corrected chi connectivity index (χ0v) is 11.2. The van der Waals surface area contributed by atoms with Crippen molar-refractivity contribution in [1.29, 1.82) is 0 Å². The Labute approximate surface area is 116 Å². The number of hydrogen-bond donors (Lipinski definition) is 2. The van der Waals surface area contributed by atoms with Gasteiger partial charge < -0.3 is 10.6 Å². The Bertz CT molecular complexity index is 597. The molecule has 104 valence electrons. The lowest BCUT2D eigenvalue weighted by Gasteiger charge is -2.16. The average Bonchev–Trinajstić information content (AvgIpc) is 3.10. The standard InChI is InChI=1S/C13H16N6O/c1-9-6-14-7-10(9)13(20)16-11-4-2-3-5-12(11)19-8-15-17-18-19/h2-5,8-10,14H,6-7H2,1H3,(H,16,20)/t9-,10-/m1/s1. The van der Waals surface area contributed by atoms with Crippen LogP contribution in [0.2, 0.25) is 0 Å². The minimum Gasteiger partial charge on any atom is -0.324 e. The number of tetrazole rings is 1. The molecule has 0 radical (unpaired) electrons. The van der Waals surface area contributed by atoms with Crippen molar-refractivity contribution in [3.63, 3.8) is 0 Å². The van der Waals surface area contributed by atoms with Crippen LogP contribution in [0.5, 0.6) is 0 Å². The monoisotopic (exact) mass is 272 g/mol. The van der Waals surface area contributed by atoms with Gasteiger partial charge >= 0.3 is 0 Å². The molecule has 0 saturated carbocycles. The van der Waals surface area contributed by atoms with Gasteiger partial charge in [0.25, 0.3) is 0 Å². The zero-order chi connectivity index (χ0) is 13.9. The van der Waals surface area contributed by atoms with E-state index in [9.17, 15) is 4.79 Å². The number of carbonyl (C=O) groups is 1. The van der Waals surface area contributed by atoms with Crippen LogP contribution < -0.4 is 10.6 Å². The van der Waals surface area contributed by atoms with Crippen LogP contribution in [0.3, 0.4) is 0 Å². The van der Waals surface area contributed by atoms with E-state index in [-0.39, 0.29) is 11.8 Å². The fourth-order valence-electron chi connectivity index (χ4n) is 2.44. The van der Waals surface area contributed by atoms with Gasteiger partial charge in [-0.3, -0.25) is 4.79 Å². The number of nitrogens with zero attached hydrogens (tertiary/aromatic N) is 4. The fourth-order valence-corrected chi connectivity index (χ4v) is 2.44. The summed E-state index contributed by atoms with van der Waals surface area (Å²) >= 11 is 0. The number of anilines is 1. The summed E-state index contributed by atoms with van der Waals surface area (Å²) in [5, 5.41) is 17.3. The number of nitrogens with one attached hydrogen (secondary N) is 2. The van der Waals surface area contributed by atoms with Gasteiger partial charge in [-0.25, -0.2) is 0 Å². The lowest BCUT2D eigenvalue weighted by Crippen LogP contribution is -2.28. The molecule has 1 aliphatic heterocycles. The van der Waals surface area contributed by atoms with Crippen LogP contribution in [-0.2, 0) is 4.79 Å². The van der Waals surface area contributed by atoms with Gasteiger partial charge in [-0.2, -0.15) is 4.68 Å². The normalized spacial score (nSPS) is 21.9. The highest BCUT2D eigenvalue weighted by Gasteiger charge is 2.29. The number of carbonyl (C=O) groups excluding carboxylic acids is 1. The molecule has 0 bridgehead atoms. The van der Waals surface area contributed by atoms with Gasteiger partial charge in [0.05, 0.1) is 17.3 Å². The van der Waals surface area contributed by atoms with E-state index in [1.54, 1.807) is 0 Å². The van der Waals surface area contributed by atoms with Gasteiger partial charge in [0.1, 0.15) is 6.33 Å². The van der Waals surface area contributed by atoms with Gasteiger partial charge in [0.15, 0.2) is 0 Å². The van der Waals surface area contributed by atoms with Crippen LogP contribution in [0.25, 0.3) is 5.69 Å². The van der Waals surface area contributed by atoms with Gasteiger partial charge in [0.2, 0.25) is 5.91 Å². The summed E-state index contributed by atoms with van der Waals surface area (Å²) in [6, 6.07) is 7.47. The second kappa shape index (κ2) is 5.38. The molecule has 2 atom stereocenters. The Morgan fingerprint density at radius 3 is 2.95 bits per heavy atom. The van der Waals surface area contributed by atoms with Crippen molar-refractivity contribution in [2.24, 2.45) is 11.8 Å². The summed E-state index contributed by atoms with van der Waals surface area (Å²) in [6.07, 6.45) is 1.50. The Morgan fingerprint density at radius 1 is 1.40 bits per heavy atom. The molecule has 7 heteroatoms. The molecule has 1 aliphatic rings. The third-order valence-electron chi connectivity index (χ3n) is 3.61. The molecule has 3 rings (SSSR count). The molecular weight excluding hydrogens is 256 g/mol. The highest BCUT2D eigenvalue weighted by atomic mass is 16.2. The smallest absolute Gasteiger partial charge is 0.229 e. The van der Waals surface area contributed by atoms with Crippen molar-refractivity contribution >= 4 is 11.6 Å². The summed E-state index contributed by atoms with van der Waals surface area (Å²) in [6.45, 7) is 3.68. The first-order chi connectivity index (χ1) is 9.75. The van der Waals surface area contributed by atoms with Crippen molar-refractivity contribution < 1.29 is 4.79 Å². The summed E-state index contributed by atoms with van der Waals surface area (Å²) in [5.74, 6) is 0.371. The van der Waals surface area contributed by atoms with Gasteiger partial charge in [0, 0.05) is 6.54 Å². The maximum atomic E-state index is 12.3. The molecule has 1 amide bonds. The van der Waals surface area contributed by atoms with Gasteiger partial charge in [-0.1, -0.05) is 19.1 Å². The zero-order valence-electron chi connectivity index (χ0n) is 11.2. The molecule has 2 N–H and O–H groups in total. The van der Waals surface area contributed by atoms with E-state index in [0.717, 1.165) is 18.8 Å². The first-order valence-electron chi connectivity index (χ1n) is 6.59. The largest absolute Gasteiger partial charge is 0.324 e. The maximum absolute atomic E-state index is 12.3. The summed E-state index contributed by atoms with van der Waals surface area (Å²) in [4.78, 5) is 12.3. The van der Waals surface area contributed by atoms with E-state index < -0.39 is 0 Å². The first kappa shape index (κ1) is 12.7. The van der Waals surface area contributed by atoms with Crippen molar-refractivity contribution in [2.75, 3.05) is 18.4 Å². The molecule has 1 saturated heterocycles. The molecular formula is C13H16N6O. The number of hydrogen-bond acceptors (Lipinski definition) is 5. The van der Waals surface area contributed by atoms with E-state index in [1.807, 2.05) is 24.3 Å². The molecule has 0 aliphatic carbocycles. The van der Waals surface area contributed by atoms with E-state index >= 15 is 0 Å². The third-order valence-corrected chi connectivity index (χ3v) is 3.61. The number of aromatic nitrogens is 4. The summed E-state index contributed by atoms with van der Waals surface area (Å²) in [7, 11) is 0. The highest BCUT2D eigenvalue weighted by Crippen LogP contribution is 2.22. The number of para-hydroxylation sites is 2. The van der Waals surface area contributed by atoms with Crippen LogP contribution in [0.15, 0.2) is 30.6 Å². The number of benzene rings is 1. The van der Waals surface area contributed by atoms with Crippen molar-refractivity contribution in [2.45, 2.75) is 6.92 Å². The SMILES string of the molecule is C[C@@H]1CNC[C@H]1C(=O)Nc1ccccc1-n1cnnn1. The summed E-state index contributed by atoms with van der Waals surface area (Å²) in [5.41, 5.74) is 1.47. The van der Waals surface area contributed by atoms with E-state index in [4.69, 9.17) is 0 Å². The molecule has 7 nitrogen and oxygen atoms in total. The van der Waals surface area contributed by atoms with Crippen LogP contribution in [0.4, 0.5) is 5.69 Å². The Hall–Kier alpha value is -2.28. The predicted molar refractivity (Wildman–Crippen MR) is 73.3 cm³/mol. The predicted octanol–water partition coefficient (Wildman–Crippen LogP) is 0.456. The fraction of sp³-hybridized carbons (Fsp3) is 0.385. The molecule has 20 heavy (non-hydrogen) atoms. The second-order valence-electron chi connectivity index (χ2n) is 5.00. The highest BCUT2D eigenvalue weighted by molar-refractivity contribution is 5.94. The van der Waals surface area contributed by atoms with Gasteiger partial charge in [-0.05, 0) is 35.0 Å². The van der Waals surface area contributed by atoms with Crippen molar-refractivity contribution in [1.82, 2.24) is 25.5 Å². The molecule has 2 aromatic rings. The van der Waals surface area contributed by atoms with E-state index in [0.29, 0.717) is 11.6 Å². The molecule has 0 spiro atoms. The van der Waals surface area contributed by atoms with Crippen LogP contribution in [0, 0.1) is 11.8 Å². The van der Waals surface area contributed by atoms with Crippen molar-refractivity contribution in [3.8, 4) is 5.69 Å². The lowest BCUT2D eigenvalue weighted by molar-refractivity contribution is -0.120. The summed E-state index contributed by atoms with van der Waals surface area (Å²) < 4.78 is 1.53. The molecule has 1 aromatic carbocycles. The van der Waals surface area contributed by atoms with E-state index in [1.165, 1.54) is 11.0 Å². The van der Waals surface area contributed by atoms with Crippen molar-refractivity contribution in [3.05, 3.63) is 30.6 Å². The molecule has 2 heterocycles. The van der Waals surface area contributed by atoms with Gasteiger partial charge in [-0.15, -0.1) is 5.10 Å². The number of rotatable bonds is 3. The lowest BCUT2D eigenvalue weighted by atomic mass is 9.97. The first-order valence-corrected chi connectivity index (χ1v) is 6.59. The molecule has 1 fully saturated rings. The molecule has 0 unspecified atom stereocenters. The van der Waals surface area contributed by atoms with Crippen LogP contribution >= 0.6 is 0 Å². The Balaban J connectivity index is 1.83. The quantitative estimate of drug-likeness (QED) is 0.847. The molecule has 1 aromatic heterocycles. The number of amides is 1. The van der Waals surface area contributed by atoms with Crippen LogP contribution in [-0.4, -0.2) is 39.2 Å². The Kier molecular flexibility index (Phi) is 3.42. The average molecular weight is 272 g/mol. The Morgan fingerprint density at radius 2 is 2.25 bits per heavy atom.